The highest BCUT2D eigenvalue weighted by atomic mass is 16.4. The number of hydrogen-bond donors (Lipinski definition) is 3. The van der Waals surface area contributed by atoms with E-state index in [1.807, 2.05) is 41.5 Å². The number of aliphatic carboxylic acids is 1. The number of carbonyl (C=O) groups is 2. The van der Waals surface area contributed by atoms with Crippen molar-refractivity contribution in [2.45, 2.75) is 52.6 Å². The molecule has 0 aliphatic heterocycles. The first kappa shape index (κ1) is 18.0. The van der Waals surface area contributed by atoms with E-state index in [4.69, 9.17) is 10.8 Å². The Morgan fingerprint density at radius 1 is 1.06 bits per heavy atom. The van der Waals surface area contributed by atoms with Gasteiger partial charge in [-0.25, -0.2) is 4.79 Å². The van der Waals surface area contributed by atoms with Gasteiger partial charge >= 0.3 is 5.97 Å². The molecule has 0 fully saturated rings. The average molecular weight is 244 g/mol. The summed E-state index contributed by atoms with van der Waals surface area (Å²) in [5.41, 5.74) is 5.02. The number of nitrogens with two attached hydrogens (primary N) is 1. The van der Waals surface area contributed by atoms with E-state index in [1.165, 1.54) is 0 Å². The van der Waals surface area contributed by atoms with Crippen LogP contribution >= 0.6 is 0 Å². The van der Waals surface area contributed by atoms with Crippen LogP contribution in [0.25, 0.3) is 0 Å². The number of carbonyl (C=O) groups excluding carboxylic acids is 1. The lowest BCUT2D eigenvalue weighted by molar-refractivity contribution is -0.131. The Balaban J connectivity index is 0. The maximum absolute atomic E-state index is 10.9. The number of nitrogens with one attached hydrogen (secondary N) is 1. The van der Waals surface area contributed by atoms with Crippen LogP contribution in [0.5, 0.6) is 0 Å². The van der Waals surface area contributed by atoms with E-state index in [9.17, 15) is 9.59 Å². The van der Waals surface area contributed by atoms with Gasteiger partial charge in [0.1, 0.15) is 0 Å². The Labute approximate surface area is 103 Å². The molecule has 0 aromatic rings. The van der Waals surface area contributed by atoms with Crippen LogP contribution in [0.3, 0.4) is 0 Å². The molecule has 0 unspecified atom stereocenters. The van der Waals surface area contributed by atoms with E-state index < -0.39 is 11.9 Å². The molecule has 4 N–H and O–H groups in total. The minimum Gasteiger partial charge on any atom is -0.478 e. The lowest BCUT2D eigenvalue weighted by Gasteiger charge is -2.18. The van der Waals surface area contributed by atoms with Crippen molar-refractivity contribution in [2.24, 2.45) is 5.73 Å². The first-order chi connectivity index (χ1) is 7.31. The van der Waals surface area contributed by atoms with Gasteiger partial charge in [-0.05, 0) is 41.5 Å². The Kier molecular flexibility index (Phi) is 7.48. The molecule has 0 radical (unpaired) electrons. The Morgan fingerprint density at radius 2 is 1.41 bits per heavy atom. The number of hydrogen-bond acceptors (Lipinski definition) is 3. The highest BCUT2D eigenvalue weighted by Crippen LogP contribution is 1.97. The van der Waals surface area contributed by atoms with Crippen LogP contribution in [0.4, 0.5) is 0 Å². The molecule has 17 heavy (non-hydrogen) atoms. The van der Waals surface area contributed by atoms with Crippen molar-refractivity contribution in [2.75, 3.05) is 0 Å². The average Bonchev–Trinajstić information content (AvgIpc) is 1.93. The van der Waals surface area contributed by atoms with E-state index in [-0.39, 0.29) is 11.1 Å². The van der Waals surface area contributed by atoms with Gasteiger partial charge in [0.15, 0.2) is 0 Å². The van der Waals surface area contributed by atoms with Crippen LogP contribution in [-0.2, 0) is 9.59 Å². The van der Waals surface area contributed by atoms with Crippen LogP contribution in [0.15, 0.2) is 12.2 Å². The van der Waals surface area contributed by atoms with E-state index in [2.05, 4.69) is 5.32 Å². The Hall–Kier alpha value is -1.36. The SMILES string of the molecule is CC(C)(C)N.CC(C)(C)NC(=O)C=CC(=O)O. The molecule has 0 aromatic heterocycles. The maximum Gasteiger partial charge on any atom is 0.328 e. The fourth-order valence-corrected chi connectivity index (χ4v) is 0.558. The summed E-state index contributed by atoms with van der Waals surface area (Å²) in [6.45, 7) is 11.4. The molecule has 5 heteroatoms. The minimum absolute atomic E-state index is 0. The van der Waals surface area contributed by atoms with Crippen molar-refractivity contribution in [3.63, 3.8) is 0 Å². The van der Waals surface area contributed by atoms with Gasteiger partial charge in [-0.3, -0.25) is 4.79 Å². The zero-order valence-corrected chi connectivity index (χ0v) is 11.5. The molecule has 1 amide bonds. The zero-order valence-electron chi connectivity index (χ0n) is 11.5. The predicted molar refractivity (Wildman–Crippen MR) is 68.6 cm³/mol. The van der Waals surface area contributed by atoms with Crippen molar-refractivity contribution in [3.05, 3.63) is 12.2 Å². The van der Waals surface area contributed by atoms with Gasteiger partial charge in [0, 0.05) is 23.2 Å². The van der Waals surface area contributed by atoms with Crippen molar-refractivity contribution in [3.8, 4) is 0 Å². The first-order valence-electron chi connectivity index (χ1n) is 5.33. The standard InChI is InChI=1S/C8H13NO3.C4H11N/c1-8(2,3)9-6(10)4-5-7(11)12;1-4(2,3)5/h4-5H,1-3H3,(H,9,10)(H,11,12);5H2,1-3H3. The third kappa shape index (κ3) is 31.3. The van der Waals surface area contributed by atoms with Crippen LogP contribution in [0.2, 0.25) is 0 Å². The molecular weight excluding hydrogens is 220 g/mol. The van der Waals surface area contributed by atoms with Gasteiger partial charge in [0.25, 0.3) is 0 Å². The van der Waals surface area contributed by atoms with E-state index in [0.29, 0.717) is 0 Å². The van der Waals surface area contributed by atoms with Crippen LogP contribution in [0.1, 0.15) is 41.5 Å². The van der Waals surface area contributed by atoms with Gasteiger partial charge in [-0.1, -0.05) is 0 Å². The lowest BCUT2D eigenvalue weighted by Crippen LogP contribution is -2.39. The number of rotatable bonds is 2. The summed E-state index contributed by atoms with van der Waals surface area (Å²) < 4.78 is 0. The van der Waals surface area contributed by atoms with Gasteiger partial charge in [0.05, 0.1) is 0 Å². The molecule has 0 heterocycles. The third-order valence-electron chi connectivity index (χ3n) is 0.875. The lowest BCUT2D eigenvalue weighted by atomic mass is 10.1. The topological polar surface area (TPSA) is 92.4 Å². The zero-order chi connectivity index (χ0) is 14.3. The molecule has 5 nitrogen and oxygen atoms in total. The highest BCUT2D eigenvalue weighted by molar-refractivity contribution is 5.94. The second-order valence-electron chi connectivity index (χ2n) is 5.78. The van der Waals surface area contributed by atoms with Crippen LogP contribution < -0.4 is 11.1 Å². The largest absolute Gasteiger partial charge is 0.478 e. The molecule has 0 aliphatic carbocycles. The quantitative estimate of drug-likeness (QED) is 0.638. The van der Waals surface area contributed by atoms with Crippen molar-refractivity contribution in [1.82, 2.24) is 5.32 Å². The highest BCUT2D eigenvalue weighted by Gasteiger charge is 2.11. The molecule has 0 rings (SSSR count). The normalized spacial score (nSPS) is 11.7. The fourth-order valence-electron chi connectivity index (χ4n) is 0.558. The first-order valence-corrected chi connectivity index (χ1v) is 5.33. The molecule has 0 aromatic carbocycles. The van der Waals surface area contributed by atoms with E-state index in [1.54, 1.807) is 0 Å². The molecule has 0 saturated carbocycles. The number of carboxylic acid groups (broad SMARTS) is 1. The third-order valence-corrected chi connectivity index (χ3v) is 0.875. The molecule has 0 saturated heterocycles. The molecule has 0 spiro atoms. The van der Waals surface area contributed by atoms with Gasteiger partial charge < -0.3 is 16.2 Å². The Morgan fingerprint density at radius 3 is 1.65 bits per heavy atom. The van der Waals surface area contributed by atoms with Gasteiger partial charge in [0.2, 0.25) is 5.91 Å². The van der Waals surface area contributed by atoms with Crippen molar-refractivity contribution < 1.29 is 14.7 Å². The summed E-state index contributed by atoms with van der Waals surface area (Å²) in [6, 6.07) is 0. The minimum atomic E-state index is -1.13. The Bertz CT molecular complexity index is 277. The summed E-state index contributed by atoms with van der Waals surface area (Å²) in [5, 5.41) is 10.8. The van der Waals surface area contributed by atoms with Crippen LogP contribution in [-0.4, -0.2) is 28.1 Å². The van der Waals surface area contributed by atoms with E-state index in [0.717, 1.165) is 12.2 Å². The maximum atomic E-state index is 10.9. The predicted octanol–water partition coefficient (Wildman–Crippen LogP) is 1.29. The van der Waals surface area contributed by atoms with Gasteiger partial charge in [-0.15, -0.1) is 0 Å². The monoisotopic (exact) mass is 244 g/mol. The molecular formula is C12H24N2O3. The number of carboxylic acids is 1. The molecule has 0 atom stereocenters. The smallest absolute Gasteiger partial charge is 0.328 e. The van der Waals surface area contributed by atoms with Gasteiger partial charge in [-0.2, -0.15) is 0 Å². The molecule has 0 aliphatic rings. The second-order valence-corrected chi connectivity index (χ2v) is 5.78. The fraction of sp³-hybridized carbons (Fsp3) is 0.667. The summed E-state index contributed by atoms with van der Waals surface area (Å²) in [7, 11) is 0. The summed E-state index contributed by atoms with van der Waals surface area (Å²) in [6.07, 6.45) is 1.80. The van der Waals surface area contributed by atoms with Crippen LogP contribution in [0, 0.1) is 0 Å². The summed E-state index contributed by atoms with van der Waals surface area (Å²) in [4.78, 5) is 20.9. The molecule has 100 valence electrons. The molecule has 0 bridgehead atoms. The van der Waals surface area contributed by atoms with E-state index >= 15 is 0 Å². The summed E-state index contributed by atoms with van der Waals surface area (Å²) in [5.74, 6) is -1.52. The van der Waals surface area contributed by atoms with Crippen molar-refractivity contribution >= 4 is 11.9 Å². The number of amides is 1. The van der Waals surface area contributed by atoms with Crippen molar-refractivity contribution in [1.29, 1.82) is 0 Å². The second kappa shape index (κ2) is 7.06. The summed E-state index contributed by atoms with van der Waals surface area (Å²) >= 11 is 0.